The van der Waals surface area contributed by atoms with Crippen LogP contribution in [0.4, 0.5) is 0 Å². The van der Waals surface area contributed by atoms with Crippen LogP contribution >= 0.6 is 0 Å². The predicted octanol–water partition coefficient (Wildman–Crippen LogP) is 3.38. The zero-order valence-electron chi connectivity index (χ0n) is 15.0. The van der Waals surface area contributed by atoms with Gasteiger partial charge in [0, 0.05) is 11.5 Å². The standard InChI is InChI=1S/C20H29NO3/c1-4-20(11-19(22)23)13(2)18(21-12-14-5-6-14)9-15-7-8-16(24-3)10-17(15)20/h7-8,10,13-14,18,21H,4-6,9,11-12H2,1-3H3,(H,22,23)/t13-,18+,20-/m1/s1. The van der Waals surface area contributed by atoms with Gasteiger partial charge in [-0.3, -0.25) is 4.79 Å². The third-order valence-electron chi connectivity index (χ3n) is 6.23. The van der Waals surface area contributed by atoms with Crippen LogP contribution in [0.5, 0.6) is 5.75 Å². The molecule has 0 aromatic heterocycles. The number of methoxy groups -OCH3 is 1. The monoisotopic (exact) mass is 331 g/mol. The number of aliphatic carboxylic acids is 1. The van der Waals surface area contributed by atoms with Crippen LogP contribution in [-0.4, -0.2) is 30.8 Å². The Bertz CT molecular complexity index is 611. The molecule has 0 radical (unpaired) electrons. The molecule has 3 atom stereocenters. The van der Waals surface area contributed by atoms with Crippen LogP contribution in [0, 0.1) is 11.8 Å². The number of carbonyl (C=O) groups is 1. The molecule has 4 heteroatoms. The first-order valence-corrected chi connectivity index (χ1v) is 9.12. The molecule has 1 aromatic carbocycles. The van der Waals surface area contributed by atoms with Gasteiger partial charge in [-0.1, -0.05) is 19.9 Å². The number of carboxylic acid groups (broad SMARTS) is 1. The predicted molar refractivity (Wildman–Crippen MR) is 94.6 cm³/mol. The van der Waals surface area contributed by atoms with Crippen molar-refractivity contribution in [2.24, 2.45) is 11.8 Å². The average molecular weight is 331 g/mol. The Morgan fingerprint density at radius 1 is 1.42 bits per heavy atom. The Kier molecular flexibility index (Phi) is 4.86. The summed E-state index contributed by atoms with van der Waals surface area (Å²) in [5.74, 6) is 1.19. The maximum absolute atomic E-state index is 11.7. The van der Waals surface area contributed by atoms with E-state index in [2.05, 4.69) is 31.3 Å². The van der Waals surface area contributed by atoms with E-state index in [1.54, 1.807) is 7.11 Å². The SMILES string of the molecule is CC[C@]1(CC(=O)O)c2cc(OC)ccc2C[C@H](NCC2CC2)[C@H]1C. The number of hydrogen-bond acceptors (Lipinski definition) is 3. The lowest BCUT2D eigenvalue weighted by Gasteiger charge is -2.47. The summed E-state index contributed by atoms with van der Waals surface area (Å²) >= 11 is 0. The van der Waals surface area contributed by atoms with Crippen molar-refractivity contribution in [3.05, 3.63) is 29.3 Å². The molecule has 132 valence electrons. The minimum absolute atomic E-state index is 0.173. The maximum Gasteiger partial charge on any atom is 0.304 e. The van der Waals surface area contributed by atoms with Crippen LogP contribution in [0.15, 0.2) is 18.2 Å². The van der Waals surface area contributed by atoms with Crippen LogP contribution < -0.4 is 10.1 Å². The van der Waals surface area contributed by atoms with E-state index in [0.717, 1.165) is 31.1 Å². The molecule has 0 bridgehead atoms. The fourth-order valence-corrected chi connectivity index (χ4v) is 4.42. The normalized spacial score (nSPS) is 29.1. The average Bonchev–Trinajstić information content (AvgIpc) is 3.39. The van der Waals surface area contributed by atoms with Crippen molar-refractivity contribution in [2.45, 2.75) is 57.4 Å². The Morgan fingerprint density at radius 3 is 2.75 bits per heavy atom. The minimum Gasteiger partial charge on any atom is -0.497 e. The molecule has 1 aromatic rings. The molecule has 0 heterocycles. The second-order valence-corrected chi connectivity index (χ2v) is 7.55. The van der Waals surface area contributed by atoms with E-state index in [9.17, 15) is 9.90 Å². The highest BCUT2D eigenvalue weighted by atomic mass is 16.5. The van der Waals surface area contributed by atoms with Gasteiger partial charge in [-0.2, -0.15) is 0 Å². The number of rotatable bonds is 7. The molecule has 4 nitrogen and oxygen atoms in total. The summed E-state index contributed by atoms with van der Waals surface area (Å²) in [5, 5.41) is 13.3. The van der Waals surface area contributed by atoms with E-state index in [1.807, 2.05) is 6.07 Å². The first-order valence-electron chi connectivity index (χ1n) is 9.12. The highest BCUT2D eigenvalue weighted by molar-refractivity contribution is 5.70. The molecule has 24 heavy (non-hydrogen) atoms. The number of benzene rings is 1. The number of ether oxygens (including phenoxy) is 1. The molecule has 2 aliphatic rings. The molecule has 2 aliphatic carbocycles. The number of nitrogens with one attached hydrogen (secondary N) is 1. The minimum atomic E-state index is -0.722. The fourth-order valence-electron chi connectivity index (χ4n) is 4.42. The first kappa shape index (κ1) is 17.3. The van der Waals surface area contributed by atoms with Crippen molar-refractivity contribution < 1.29 is 14.6 Å². The smallest absolute Gasteiger partial charge is 0.304 e. The van der Waals surface area contributed by atoms with Gasteiger partial charge >= 0.3 is 5.97 Å². The molecule has 0 saturated heterocycles. The summed E-state index contributed by atoms with van der Waals surface area (Å²) in [6.45, 7) is 5.40. The van der Waals surface area contributed by atoms with Gasteiger partial charge in [-0.05, 0) is 67.3 Å². The zero-order chi connectivity index (χ0) is 17.3. The van der Waals surface area contributed by atoms with Crippen molar-refractivity contribution in [2.75, 3.05) is 13.7 Å². The number of carboxylic acids is 1. The molecule has 0 aliphatic heterocycles. The highest BCUT2D eigenvalue weighted by Gasteiger charge is 2.46. The zero-order valence-corrected chi connectivity index (χ0v) is 15.0. The first-order chi connectivity index (χ1) is 11.5. The van der Waals surface area contributed by atoms with Crippen molar-refractivity contribution in [1.82, 2.24) is 5.32 Å². The fraction of sp³-hybridized carbons (Fsp3) is 0.650. The van der Waals surface area contributed by atoms with Crippen molar-refractivity contribution >= 4 is 5.97 Å². The van der Waals surface area contributed by atoms with Gasteiger partial charge in [0.05, 0.1) is 13.5 Å². The summed E-state index contributed by atoms with van der Waals surface area (Å²) < 4.78 is 5.41. The van der Waals surface area contributed by atoms with Crippen molar-refractivity contribution in [1.29, 1.82) is 0 Å². The Labute approximate surface area is 144 Å². The van der Waals surface area contributed by atoms with Crippen molar-refractivity contribution in [3.63, 3.8) is 0 Å². The van der Waals surface area contributed by atoms with Gasteiger partial charge in [0.2, 0.25) is 0 Å². The molecule has 0 amide bonds. The van der Waals surface area contributed by atoms with Gasteiger partial charge in [-0.25, -0.2) is 0 Å². The highest BCUT2D eigenvalue weighted by Crippen LogP contribution is 2.47. The summed E-state index contributed by atoms with van der Waals surface area (Å²) in [7, 11) is 1.67. The molecular weight excluding hydrogens is 302 g/mol. The quantitative estimate of drug-likeness (QED) is 0.804. The third kappa shape index (κ3) is 3.16. The van der Waals surface area contributed by atoms with Crippen LogP contribution in [0.1, 0.15) is 50.7 Å². The molecule has 0 spiro atoms. The topological polar surface area (TPSA) is 58.6 Å². The van der Waals surface area contributed by atoms with E-state index < -0.39 is 5.97 Å². The van der Waals surface area contributed by atoms with Gasteiger partial charge in [0.15, 0.2) is 0 Å². The van der Waals surface area contributed by atoms with E-state index in [0.29, 0.717) is 6.04 Å². The van der Waals surface area contributed by atoms with E-state index >= 15 is 0 Å². The van der Waals surface area contributed by atoms with Crippen LogP contribution in [-0.2, 0) is 16.6 Å². The Hall–Kier alpha value is -1.55. The molecule has 1 fully saturated rings. The summed E-state index contributed by atoms with van der Waals surface area (Å²) in [5.41, 5.74) is 2.10. The third-order valence-corrected chi connectivity index (χ3v) is 6.23. The van der Waals surface area contributed by atoms with Crippen molar-refractivity contribution in [3.8, 4) is 5.75 Å². The lowest BCUT2D eigenvalue weighted by molar-refractivity contribution is -0.139. The van der Waals surface area contributed by atoms with Crippen LogP contribution in [0.2, 0.25) is 0 Å². The summed E-state index contributed by atoms with van der Waals surface area (Å²) in [4.78, 5) is 11.7. The molecule has 1 saturated carbocycles. The number of hydrogen-bond donors (Lipinski definition) is 2. The van der Waals surface area contributed by atoms with Gasteiger partial charge < -0.3 is 15.2 Å². The second kappa shape index (κ2) is 6.75. The molecule has 3 rings (SSSR count). The maximum atomic E-state index is 11.7. The van der Waals surface area contributed by atoms with E-state index in [-0.39, 0.29) is 17.8 Å². The lowest BCUT2D eigenvalue weighted by Crippen LogP contribution is -2.52. The second-order valence-electron chi connectivity index (χ2n) is 7.55. The molecular formula is C20H29NO3. The van der Waals surface area contributed by atoms with Gasteiger partial charge in [0.25, 0.3) is 0 Å². The molecule has 0 unspecified atom stereocenters. The van der Waals surface area contributed by atoms with E-state index in [4.69, 9.17) is 4.74 Å². The van der Waals surface area contributed by atoms with Crippen LogP contribution in [0.25, 0.3) is 0 Å². The largest absolute Gasteiger partial charge is 0.497 e. The molecule has 2 N–H and O–H groups in total. The Morgan fingerprint density at radius 2 is 2.17 bits per heavy atom. The summed E-state index contributed by atoms with van der Waals surface area (Å²) in [6, 6.07) is 6.52. The van der Waals surface area contributed by atoms with Crippen LogP contribution in [0.3, 0.4) is 0 Å². The Balaban J connectivity index is 1.99. The van der Waals surface area contributed by atoms with Gasteiger partial charge in [0.1, 0.15) is 5.75 Å². The van der Waals surface area contributed by atoms with Gasteiger partial charge in [-0.15, -0.1) is 0 Å². The number of fused-ring (bicyclic) bond motifs is 1. The van der Waals surface area contributed by atoms with E-state index in [1.165, 1.54) is 24.0 Å². The summed E-state index contributed by atoms with van der Waals surface area (Å²) in [6.07, 6.45) is 4.62. The lowest BCUT2D eigenvalue weighted by atomic mass is 9.59.